The molecule has 7 nitrogen and oxygen atoms in total. The third-order valence-electron chi connectivity index (χ3n) is 4.04. The van der Waals surface area contributed by atoms with Gasteiger partial charge in [0.25, 0.3) is 0 Å². The van der Waals surface area contributed by atoms with Crippen molar-refractivity contribution in [1.82, 2.24) is 24.7 Å². The van der Waals surface area contributed by atoms with Crippen molar-refractivity contribution in [1.29, 1.82) is 0 Å². The quantitative estimate of drug-likeness (QED) is 0.808. The van der Waals surface area contributed by atoms with Crippen LogP contribution >= 0.6 is 0 Å². The van der Waals surface area contributed by atoms with Gasteiger partial charge in [0.1, 0.15) is 11.9 Å². The molecular formula is C16H23N5O2. The highest BCUT2D eigenvalue weighted by Gasteiger charge is 2.29. The molecule has 0 aliphatic carbocycles. The maximum Gasteiger partial charge on any atom is 0.410 e. The third kappa shape index (κ3) is 3.43. The first-order valence-electron chi connectivity index (χ1n) is 7.99. The van der Waals surface area contributed by atoms with E-state index in [1.54, 1.807) is 9.53 Å². The number of rotatable bonds is 1. The van der Waals surface area contributed by atoms with E-state index < -0.39 is 5.60 Å². The van der Waals surface area contributed by atoms with E-state index in [9.17, 15) is 4.79 Å². The molecular weight excluding hydrogens is 294 g/mol. The van der Waals surface area contributed by atoms with Crippen molar-refractivity contribution in [3.8, 4) is 0 Å². The topological polar surface area (TPSA) is 72.6 Å². The Hall–Kier alpha value is -2.18. The van der Waals surface area contributed by atoms with E-state index in [4.69, 9.17) is 4.74 Å². The maximum absolute atomic E-state index is 12.1. The van der Waals surface area contributed by atoms with Crippen LogP contribution in [0.25, 0.3) is 5.65 Å². The predicted octanol–water partition coefficient (Wildman–Crippen LogP) is 2.55. The number of aromatic nitrogens is 4. The second kappa shape index (κ2) is 5.79. The van der Waals surface area contributed by atoms with Gasteiger partial charge in [0.15, 0.2) is 5.65 Å². The lowest BCUT2D eigenvalue weighted by Crippen LogP contribution is -2.41. The molecule has 0 radical (unpaired) electrons. The van der Waals surface area contributed by atoms with Crippen LogP contribution in [0, 0.1) is 6.92 Å². The Morgan fingerprint density at radius 3 is 2.65 bits per heavy atom. The summed E-state index contributed by atoms with van der Waals surface area (Å²) in [6.07, 6.45) is 3.05. The molecule has 2 aromatic rings. The molecule has 3 rings (SSSR count). The van der Waals surface area contributed by atoms with E-state index >= 15 is 0 Å². The number of amides is 1. The molecule has 0 aromatic carbocycles. The van der Waals surface area contributed by atoms with Gasteiger partial charge in [-0.2, -0.15) is 5.10 Å². The zero-order valence-electron chi connectivity index (χ0n) is 14.1. The first-order valence-corrected chi connectivity index (χ1v) is 7.99. The van der Waals surface area contributed by atoms with Crippen LogP contribution in [0.5, 0.6) is 0 Å². The van der Waals surface area contributed by atoms with Crippen molar-refractivity contribution >= 4 is 11.7 Å². The minimum atomic E-state index is -0.454. The van der Waals surface area contributed by atoms with Gasteiger partial charge >= 0.3 is 6.09 Å². The molecule has 1 fully saturated rings. The van der Waals surface area contributed by atoms with Crippen molar-refractivity contribution < 1.29 is 9.53 Å². The van der Waals surface area contributed by atoms with Gasteiger partial charge in [0, 0.05) is 19.0 Å². The second-order valence-electron chi connectivity index (χ2n) is 7.06. The average molecular weight is 317 g/mol. The van der Waals surface area contributed by atoms with Crippen LogP contribution in [0.15, 0.2) is 12.4 Å². The number of carbonyl (C=O) groups excluding carboxylic acids is 1. The number of fused-ring (bicyclic) bond motifs is 1. The van der Waals surface area contributed by atoms with Gasteiger partial charge in [0.05, 0.1) is 5.69 Å². The van der Waals surface area contributed by atoms with Crippen molar-refractivity contribution in [2.24, 2.45) is 0 Å². The van der Waals surface area contributed by atoms with Crippen molar-refractivity contribution in [2.45, 2.75) is 52.1 Å². The monoisotopic (exact) mass is 317 g/mol. The van der Waals surface area contributed by atoms with E-state index in [0.29, 0.717) is 19.0 Å². The Kier molecular flexibility index (Phi) is 3.95. The predicted molar refractivity (Wildman–Crippen MR) is 85.3 cm³/mol. The molecule has 124 valence electrons. The molecule has 7 heteroatoms. The fourth-order valence-corrected chi connectivity index (χ4v) is 2.93. The molecule has 3 heterocycles. The van der Waals surface area contributed by atoms with Gasteiger partial charge in [-0.15, -0.1) is 9.73 Å². The highest BCUT2D eigenvalue weighted by atomic mass is 16.6. The van der Waals surface area contributed by atoms with E-state index in [-0.39, 0.29) is 6.09 Å². The molecule has 0 N–H and O–H groups in total. The van der Waals surface area contributed by atoms with Gasteiger partial charge in [-0.25, -0.2) is 9.78 Å². The van der Waals surface area contributed by atoms with Crippen LogP contribution in [-0.2, 0) is 4.74 Å². The third-order valence-corrected chi connectivity index (χ3v) is 4.04. The van der Waals surface area contributed by atoms with Crippen LogP contribution in [0.1, 0.15) is 50.8 Å². The first kappa shape index (κ1) is 15.7. The Morgan fingerprint density at radius 1 is 1.30 bits per heavy atom. The minimum absolute atomic E-state index is 0.229. The number of hydrogen-bond donors (Lipinski definition) is 0. The van der Waals surface area contributed by atoms with Crippen LogP contribution in [-0.4, -0.2) is 49.5 Å². The Balaban J connectivity index is 1.68. The normalized spacial score (nSPS) is 16.8. The molecule has 0 saturated carbocycles. The summed E-state index contributed by atoms with van der Waals surface area (Å²) in [5.41, 5.74) is 2.48. The van der Waals surface area contributed by atoms with Crippen molar-refractivity contribution in [3.63, 3.8) is 0 Å². The van der Waals surface area contributed by atoms with Gasteiger partial charge in [-0.05, 0) is 52.2 Å². The van der Waals surface area contributed by atoms with E-state index in [0.717, 1.165) is 29.7 Å². The van der Waals surface area contributed by atoms with Crippen LogP contribution in [0.3, 0.4) is 0 Å². The summed E-state index contributed by atoms with van der Waals surface area (Å²) in [6.45, 7) is 9.10. The number of carbonyl (C=O) groups is 1. The van der Waals surface area contributed by atoms with Crippen molar-refractivity contribution in [3.05, 3.63) is 23.7 Å². The number of aryl methyl sites for hydroxylation is 1. The molecule has 0 atom stereocenters. The lowest BCUT2D eigenvalue weighted by atomic mass is 9.91. The molecule has 0 unspecified atom stereocenters. The van der Waals surface area contributed by atoms with Gasteiger partial charge in [-0.1, -0.05) is 0 Å². The highest BCUT2D eigenvalue weighted by molar-refractivity contribution is 5.68. The van der Waals surface area contributed by atoms with Gasteiger partial charge in [-0.3, -0.25) is 0 Å². The number of piperidine rings is 1. The fraction of sp³-hybridized carbons (Fsp3) is 0.625. The first-order chi connectivity index (χ1) is 10.8. The summed E-state index contributed by atoms with van der Waals surface area (Å²) >= 11 is 0. The van der Waals surface area contributed by atoms with E-state index in [1.807, 2.05) is 26.8 Å². The summed E-state index contributed by atoms with van der Waals surface area (Å²) in [6, 6.07) is 2.01. The smallest absolute Gasteiger partial charge is 0.410 e. The number of nitrogens with zero attached hydrogens (tertiary/aromatic N) is 5. The number of ether oxygens (including phenoxy) is 1. The van der Waals surface area contributed by atoms with Crippen molar-refractivity contribution in [2.75, 3.05) is 13.1 Å². The Labute approximate surface area is 135 Å². The van der Waals surface area contributed by atoms with E-state index in [1.165, 1.54) is 6.33 Å². The lowest BCUT2D eigenvalue weighted by molar-refractivity contribution is 0.0203. The molecule has 1 amide bonds. The van der Waals surface area contributed by atoms with Gasteiger partial charge in [0.2, 0.25) is 0 Å². The standard InChI is InChI=1S/C16H23N5O2/c1-11-9-13-17-10-18-21(13)19-14(11)12-5-7-20(8-6-12)15(22)23-16(2,3)4/h9-10,12H,5-8H2,1-4H3. The molecule has 23 heavy (non-hydrogen) atoms. The second-order valence-corrected chi connectivity index (χ2v) is 7.06. The molecule has 1 saturated heterocycles. The highest BCUT2D eigenvalue weighted by Crippen LogP contribution is 2.29. The van der Waals surface area contributed by atoms with Crippen LogP contribution in [0.2, 0.25) is 0 Å². The molecule has 1 aliphatic rings. The maximum atomic E-state index is 12.1. The molecule has 2 aromatic heterocycles. The van der Waals surface area contributed by atoms with Crippen LogP contribution < -0.4 is 0 Å². The summed E-state index contributed by atoms with van der Waals surface area (Å²) < 4.78 is 7.01. The molecule has 1 aliphatic heterocycles. The average Bonchev–Trinajstić information content (AvgIpc) is 2.92. The number of hydrogen-bond acceptors (Lipinski definition) is 5. The minimum Gasteiger partial charge on any atom is -0.444 e. The van der Waals surface area contributed by atoms with Gasteiger partial charge < -0.3 is 9.64 Å². The fourth-order valence-electron chi connectivity index (χ4n) is 2.93. The summed E-state index contributed by atoms with van der Waals surface area (Å²) in [5.74, 6) is 0.335. The summed E-state index contributed by atoms with van der Waals surface area (Å²) in [5, 5.41) is 8.70. The summed E-state index contributed by atoms with van der Waals surface area (Å²) in [7, 11) is 0. The Morgan fingerprint density at radius 2 is 2.00 bits per heavy atom. The van der Waals surface area contributed by atoms with Crippen LogP contribution in [0.4, 0.5) is 4.79 Å². The van der Waals surface area contributed by atoms with E-state index in [2.05, 4.69) is 22.1 Å². The molecule has 0 spiro atoms. The Bertz CT molecular complexity index is 711. The zero-order chi connectivity index (χ0) is 16.6. The number of likely N-dealkylation sites (tertiary alicyclic amines) is 1. The SMILES string of the molecule is Cc1cc2ncnn2nc1C1CCN(C(=O)OC(C)(C)C)CC1. The summed E-state index contributed by atoms with van der Waals surface area (Å²) in [4.78, 5) is 18.1. The zero-order valence-corrected chi connectivity index (χ0v) is 14.1. The largest absolute Gasteiger partial charge is 0.444 e. The lowest BCUT2D eigenvalue weighted by Gasteiger charge is -2.33. The molecule has 0 bridgehead atoms.